The van der Waals surface area contributed by atoms with Gasteiger partial charge in [-0.25, -0.2) is 4.98 Å². The average molecular weight is 366 g/mol. The number of nitrogens with zero attached hydrogens (tertiary/aromatic N) is 1. The third kappa shape index (κ3) is 4.35. The lowest BCUT2D eigenvalue weighted by molar-refractivity contribution is 0.102. The van der Waals surface area contributed by atoms with Crippen molar-refractivity contribution in [1.82, 2.24) is 10.3 Å². The first kappa shape index (κ1) is 18.9. The number of fused-ring (bicyclic) bond motifs is 1. The lowest BCUT2D eigenvalue weighted by Crippen LogP contribution is -2.24. The van der Waals surface area contributed by atoms with Crippen molar-refractivity contribution < 1.29 is 4.79 Å². The fraction of sp³-hybridized carbons (Fsp3) is 0.444. The molecule has 1 aliphatic rings. The van der Waals surface area contributed by atoms with Gasteiger partial charge in [0.15, 0.2) is 5.13 Å². The monoisotopic (exact) mass is 365 g/mol. The van der Waals surface area contributed by atoms with Crippen LogP contribution in [0.4, 0.5) is 5.13 Å². The Balaban J connectivity index is 0.00000208. The molecule has 0 bridgehead atoms. The van der Waals surface area contributed by atoms with Crippen molar-refractivity contribution in [1.29, 1.82) is 0 Å². The summed E-state index contributed by atoms with van der Waals surface area (Å²) in [7, 11) is 0. The van der Waals surface area contributed by atoms with Gasteiger partial charge in [-0.15, -0.1) is 23.7 Å². The van der Waals surface area contributed by atoms with Crippen molar-refractivity contribution in [2.45, 2.75) is 46.1 Å². The molecule has 0 saturated heterocycles. The Morgan fingerprint density at radius 1 is 1.38 bits per heavy atom. The Bertz CT molecular complexity index is 714. The molecule has 0 saturated carbocycles. The molecule has 4 nitrogen and oxygen atoms in total. The van der Waals surface area contributed by atoms with Crippen LogP contribution in [0.25, 0.3) is 0 Å². The minimum absolute atomic E-state index is 0. The number of carbonyl (C=O) groups excluding carboxylic acids is 1. The molecule has 1 aliphatic heterocycles. The Kier molecular flexibility index (Phi) is 6.78. The van der Waals surface area contributed by atoms with Gasteiger partial charge in [-0.05, 0) is 56.0 Å². The molecule has 0 unspecified atom stereocenters. The lowest BCUT2D eigenvalue weighted by atomic mass is 9.98. The van der Waals surface area contributed by atoms with Crippen LogP contribution in [0.1, 0.15) is 51.8 Å². The van der Waals surface area contributed by atoms with E-state index in [1.807, 2.05) is 19.1 Å². The highest BCUT2D eigenvalue weighted by molar-refractivity contribution is 7.15. The van der Waals surface area contributed by atoms with Crippen LogP contribution in [0.2, 0.25) is 0 Å². The van der Waals surface area contributed by atoms with Crippen LogP contribution in [0, 0.1) is 6.92 Å². The minimum Gasteiger partial charge on any atom is -0.312 e. The first-order chi connectivity index (χ1) is 11.2. The van der Waals surface area contributed by atoms with Crippen LogP contribution < -0.4 is 10.6 Å². The number of benzene rings is 1. The molecule has 0 atom stereocenters. The number of carbonyl (C=O) groups is 1. The fourth-order valence-electron chi connectivity index (χ4n) is 2.84. The number of rotatable bonds is 5. The van der Waals surface area contributed by atoms with Crippen molar-refractivity contribution in [3.8, 4) is 0 Å². The van der Waals surface area contributed by atoms with E-state index in [1.165, 1.54) is 22.4 Å². The maximum atomic E-state index is 12.5. The van der Waals surface area contributed by atoms with Crippen LogP contribution in [-0.2, 0) is 19.4 Å². The van der Waals surface area contributed by atoms with Crippen molar-refractivity contribution >= 4 is 34.8 Å². The average Bonchev–Trinajstić information content (AvgIpc) is 2.91. The SMILES string of the molecule is CCCCc1sc(NC(=O)c2ccc3c(c2)CCNC3)nc1C.Cl. The number of amides is 1. The van der Waals surface area contributed by atoms with Gasteiger partial charge >= 0.3 is 0 Å². The summed E-state index contributed by atoms with van der Waals surface area (Å²) in [6.07, 6.45) is 4.36. The molecule has 2 aromatic rings. The molecule has 3 rings (SSSR count). The van der Waals surface area contributed by atoms with E-state index in [-0.39, 0.29) is 18.3 Å². The van der Waals surface area contributed by atoms with Gasteiger partial charge in [-0.2, -0.15) is 0 Å². The fourth-order valence-corrected chi connectivity index (χ4v) is 3.84. The Morgan fingerprint density at radius 3 is 3.00 bits per heavy atom. The molecule has 0 spiro atoms. The summed E-state index contributed by atoms with van der Waals surface area (Å²) in [5.41, 5.74) is 4.32. The maximum absolute atomic E-state index is 12.5. The third-order valence-corrected chi connectivity index (χ3v) is 5.36. The van der Waals surface area contributed by atoms with Crippen molar-refractivity contribution in [3.05, 3.63) is 45.5 Å². The predicted molar refractivity (Wildman–Crippen MR) is 103 cm³/mol. The summed E-state index contributed by atoms with van der Waals surface area (Å²) in [6.45, 7) is 6.07. The molecular formula is C18H24ClN3OS. The number of hydrogen-bond donors (Lipinski definition) is 2. The molecule has 1 aromatic heterocycles. The molecule has 1 amide bonds. The topological polar surface area (TPSA) is 54.0 Å². The molecule has 1 aromatic carbocycles. The number of aryl methyl sites for hydroxylation is 2. The van der Waals surface area contributed by atoms with Gasteiger partial charge in [0.25, 0.3) is 5.91 Å². The second kappa shape index (κ2) is 8.60. The highest BCUT2D eigenvalue weighted by Crippen LogP contribution is 2.25. The standard InChI is InChI=1S/C18H23N3OS.ClH/c1-3-4-5-16-12(2)20-18(23-16)21-17(22)14-6-7-15-11-19-9-8-13(15)10-14;/h6-7,10,19H,3-5,8-9,11H2,1-2H3,(H,20,21,22);1H. The number of halogens is 1. The molecule has 24 heavy (non-hydrogen) atoms. The summed E-state index contributed by atoms with van der Waals surface area (Å²) in [5, 5.41) is 7.01. The quantitative estimate of drug-likeness (QED) is 0.838. The Labute approximate surface area is 153 Å². The molecule has 0 fully saturated rings. The summed E-state index contributed by atoms with van der Waals surface area (Å²) in [4.78, 5) is 18.2. The molecule has 2 N–H and O–H groups in total. The highest BCUT2D eigenvalue weighted by atomic mass is 35.5. The van der Waals surface area contributed by atoms with Crippen molar-refractivity contribution in [2.24, 2.45) is 0 Å². The minimum atomic E-state index is -0.0675. The van der Waals surface area contributed by atoms with Crippen LogP contribution in [0.3, 0.4) is 0 Å². The van der Waals surface area contributed by atoms with Gasteiger partial charge in [0.05, 0.1) is 5.69 Å². The Hall–Kier alpha value is -1.43. The van der Waals surface area contributed by atoms with Gasteiger partial charge in [0.1, 0.15) is 0 Å². The van der Waals surface area contributed by atoms with Gasteiger partial charge in [-0.1, -0.05) is 19.4 Å². The largest absolute Gasteiger partial charge is 0.312 e. The molecule has 6 heteroatoms. The van der Waals surface area contributed by atoms with Crippen LogP contribution in [0.15, 0.2) is 18.2 Å². The number of nitrogens with one attached hydrogen (secondary N) is 2. The molecular weight excluding hydrogens is 342 g/mol. The van der Waals surface area contributed by atoms with Crippen LogP contribution >= 0.6 is 23.7 Å². The van der Waals surface area contributed by atoms with E-state index in [0.29, 0.717) is 10.7 Å². The van der Waals surface area contributed by atoms with E-state index in [2.05, 4.69) is 28.6 Å². The number of unbranched alkanes of at least 4 members (excludes halogenated alkanes) is 1. The van der Waals surface area contributed by atoms with Crippen LogP contribution in [-0.4, -0.2) is 17.4 Å². The number of aromatic nitrogens is 1. The smallest absolute Gasteiger partial charge is 0.257 e. The second-order valence-electron chi connectivity index (χ2n) is 6.00. The van der Waals surface area contributed by atoms with Gasteiger partial charge in [0, 0.05) is 17.0 Å². The van der Waals surface area contributed by atoms with Gasteiger partial charge < -0.3 is 5.32 Å². The summed E-state index contributed by atoms with van der Waals surface area (Å²) >= 11 is 1.60. The zero-order valence-corrected chi connectivity index (χ0v) is 15.8. The first-order valence-corrected chi connectivity index (χ1v) is 9.09. The van der Waals surface area contributed by atoms with E-state index < -0.39 is 0 Å². The van der Waals surface area contributed by atoms with Crippen molar-refractivity contribution in [3.63, 3.8) is 0 Å². The lowest BCUT2D eigenvalue weighted by Gasteiger charge is -2.17. The molecule has 0 aliphatic carbocycles. The summed E-state index contributed by atoms with van der Waals surface area (Å²) in [6, 6.07) is 5.97. The van der Waals surface area contributed by atoms with Crippen LogP contribution in [0.5, 0.6) is 0 Å². The van der Waals surface area contributed by atoms with E-state index >= 15 is 0 Å². The number of anilines is 1. The normalized spacial score (nSPS) is 13.1. The zero-order valence-electron chi connectivity index (χ0n) is 14.1. The van der Waals surface area contributed by atoms with Gasteiger partial charge in [0.2, 0.25) is 0 Å². The van der Waals surface area contributed by atoms with Crippen molar-refractivity contribution in [2.75, 3.05) is 11.9 Å². The first-order valence-electron chi connectivity index (χ1n) is 8.27. The summed E-state index contributed by atoms with van der Waals surface area (Å²) < 4.78 is 0. The predicted octanol–water partition coefficient (Wildman–Crippen LogP) is 4.11. The summed E-state index contributed by atoms with van der Waals surface area (Å²) in [5.74, 6) is -0.0675. The van der Waals surface area contributed by atoms with Gasteiger partial charge in [-0.3, -0.25) is 10.1 Å². The molecule has 0 radical (unpaired) electrons. The molecule has 2 heterocycles. The maximum Gasteiger partial charge on any atom is 0.257 e. The number of hydrogen-bond acceptors (Lipinski definition) is 4. The van der Waals surface area contributed by atoms with E-state index in [1.54, 1.807) is 11.3 Å². The Morgan fingerprint density at radius 2 is 2.21 bits per heavy atom. The third-order valence-electron chi connectivity index (χ3n) is 4.23. The second-order valence-corrected chi connectivity index (χ2v) is 7.08. The van der Waals surface area contributed by atoms with E-state index in [0.717, 1.165) is 38.0 Å². The van der Waals surface area contributed by atoms with E-state index in [9.17, 15) is 4.79 Å². The zero-order chi connectivity index (χ0) is 16.2. The highest BCUT2D eigenvalue weighted by Gasteiger charge is 2.15. The van der Waals surface area contributed by atoms with E-state index in [4.69, 9.17) is 0 Å². The molecule has 130 valence electrons. The number of thiazole rings is 1.